The molecule has 2 N–H and O–H groups in total. The molecule has 3 rings (SSSR count). The highest BCUT2D eigenvalue weighted by molar-refractivity contribution is 5.83. The SMILES string of the molecule is Cc1ccc2ncccc2c1CN1CCCCC1CC(N)=O. The standard InChI is InChI=1S/C18H23N3O/c1-13-7-8-17-15(6-4-9-20-17)16(13)12-21-10-3-2-5-14(21)11-18(19)22/h4,6-9,14H,2-3,5,10-12H2,1H3,(H2,19,22). The molecule has 22 heavy (non-hydrogen) atoms. The molecule has 0 bridgehead atoms. The number of fused-ring (bicyclic) bond motifs is 1. The van der Waals surface area contributed by atoms with Crippen LogP contribution < -0.4 is 5.73 Å². The van der Waals surface area contributed by atoms with Gasteiger partial charge in [0.25, 0.3) is 0 Å². The summed E-state index contributed by atoms with van der Waals surface area (Å²) in [5.41, 5.74) is 9.06. The monoisotopic (exact) mass is 297 g/mol. The summed E-state index contributed by atoms with van der Waals surface area (Å²) in [5, 5.41) is 1.21. The smallest absolute Gasteiger partial charge is 0.218 e. The Morgan fingerprint density at radius 3 is 3.05 bits per heavy atom. The van der Waals surface area contributed by atoms with E-state index in [2.05, 4.69) is 35.0 Å². The number of pyridine rings is 1. The van der Waals surface area contributed by atoms with E-state index in [1.165, 1.54) is 29.4 Å². The summed E-state index contributed by atoms with van der Waals surface area (Å²) in [6, 6.07) is 8.61. The van der Waals surface area contributed by atoms with E-state index in [4.69, 9.17) is 5.73 Å². The zero-order chi connectivity index (χ0) is 15.5. The number of nitrogens with zero attached hydrogens (tertiary/aromatic N) is 2. The molecule has 0 radical (unpaired) electrons. The van der Waals surface area contributed by atoms with Gasteiger partial charge in [-0.05, 0) is 49.6 Å². The van der Waals surface area contributed by atoms with E-state index in [0.29, 0.717) is 6.42 Å². The Morgan fingerprint density at radius 1 is 1.36 bits per heavy atom. The van der Waals surface area contributed by atoms with Crippen molar-refractivity contribution in [3.8, 4) is 0 Å². The zero-order valence-corrected chi connectivity index (χ0v) is 13.1. The van der Waals surface area contributed by atoms with Gasteiger partial charge in [0.1, 0.15) is 0 Å². The Balaban J connectivity index is 1.91. The Bertz CT molecular complexity index is 683. The molecule has 1 aromatic carbocycles. The van der Waals surface area contributed by atoms with Crippen LogP contribution in [-0.4, -0.2) is 28.4 Å². The molecule has 1 amide bonds. The van der Waals surface area contributed by atoms with Gasteiger partial charge in [0, 0.05) is 30.6 Å². The minimum absolute atomic E-state index is 0.201. The van der Waals surface area contributed by atoms with E-state index >= 15 is 0 Å². The van der Waals surface area contributed by atoms with E-state index in [1.54, 1.807) is 0 Å². The summed E-state index contributed by atoms with van der Waals surface area (Å²) in [6.45, 7) is 4.05. The van der Waals surface area contributed by atoms with Crippen LogP contribution in [0.25, 0.3) is 10.9 Å². The second kappa shape index (κ2) is 6.44. The molecule has 1 aromatic heterocycles. The third-order valence-electron chi connectivity index (χ3n) is 4.68. The molecule has 4 nitrogen and oxygen atoms in total. The number of carbonyl (C=O) groups is 1. The predicted octanol–water partition coefficient (Wildman–Crippen LogP) is 2.77. The van der Waals surface area contributed by atoms with E-state index in [0.717, 1.165) is 25.0 Å². The number of likely N-dealkylation sites (tertiary alicyclic amines) is 1. The highest BCUT2D eigenvalue weighted by atomic mass is 16.1. The van der Waals surface area contributed by atoms with Gasteiger partial charge in [0.2, 0.25) is 5.91 Å². The predicted molar refractivity (Wildman–Crippen MR) is 88.3 cm³/mol. The van der Waals surface area contributed by atoms with Crippen LogP contribution in [0, 0.1) is 6.92 Å². The van der Waals surface area contributed by atoms with Gasteiger partial charge in [-0.2, -0.15) is 0 Å². The summed E-state index contributed by atoms with van der Waals surface area (Å²) in [4.78, 5) is 18.2. The summed E-state index contributed by atoms with van der Waals surface area (Å²) in [5.74, 6) is -0.201. The molecule has 1 aliphatic rings. The molecule has 2 aromatic rings. The first-order valence-corrected chi connectivity index (χ1v) is 8.00. The lowest BCUT2D eigenvalue weighted by Crippen LogP contribution is -2.41. The number of rotatable bonds is 4. The van der Waals surface area contributed by atoms with Crippen molar-refractivity contribution in [2.45, 2.75) is 45.2 Å². The van der Waals surface area contributed by atoms with Gasteiger partial charge in [-0.3, -0.25) is 14.7 Å². The van der Waals surface area contributed by atoms with Crippen LogP contribution in [0.2, 0.25) is 0 Å². The van der Waals surface area contributed by atoms with Crippen LogP contribution in [0.15, 0.2) is 30.5 Å². The van der Waals surface area contributed by atoms with Gasteiger partial charge < -0.3 is 5.73 Å². The zero-order valence-electron chi connectivity index (χ0n) is 13.1. The number of amides is 1. The minimum atomic E-state index is -0.201. The third kappa shape index (κ3) is 3.12. The van der Waals surface area contributed by atoms with Crippen molar-refractivity contribution in [3.05, 3.63) is 41.6 Å². The Hall–Kier alpha value is -1.94. The van der Waals surface area contributed by atoms with Crippen molar-refractivity contribution in [2.24, 2.45) is 5.73 Å². The average molecular weight is 297 g/mol. The molecule has 0 spiro atoms. The molecule has 1 aliphatic heterocycles. The van der Waals surface area contributed by atoms with Crippen molar-refractivity contribution in [3.63, 3.8) is 0 Å². The summed E-state index contributed by atoms with van der Waals surface area (Å²) < 4.78 is 0. The fourth-order valence-electron chi connectivity index (χ4n) is 3.47. The number of primary amides is 1. The Kier molecular flexibility index (Phi) is 4.39. The second-order valence-electron chi connectivity index (χ2n) is 6.22. The largest absolute Gasteiger partial charge is 0.370 e. The van der Waals surface area contributed by atoms with Gasteiger partial charge in [0.15, 0.2) is 0 Å². The molecular formula is C18H23N3O. The Morgan fingerprint density at radius 2 is 2.23 bits per heavy atom. The average Bonchev–Trinajstić information content (AvgIpc) is 2.51. The number of aryl methyl sites for hydroxylation is 1. The molecule has 2 heterocycles. The van der Waals surface area contributed by atoms with E-state index < -0.39 is 0 Å². The summed E-state index contributed by atoms with van der Waals surface area (Å²) >= 11 is 0. The number of piperidine rings is 1. The first-order valence-electron chi connectivity index (χ1n) is 8.00. The molecule has 116 valence electrons. The van der Waals surface area contributed by atoms with Crippen LogP contribution in [0.3, 0.4) is 0 Å². The number of benzene rings is 1. The van der Waals surface area contributed by atoms with Crippen molar-refractivity contribution < 1.29 is 4.79 Å². The molecule has 1 fully saturated rings. The first-order chi connectivity index (χ1) is 10.6. The minimum Gasteiger partial charge on any atom is -0.370 e. The summed E-state index contributed by atoms with van der Waals surface area (Å²) in [6.07, 6.45) is 5.73. The molecule has 1 atom stereocenters. The topological polar surface area (TPSA) is 59.2 Å². The van der Waals surface area contributed by atoms with Crippen molar-refractivity contribution in [1.82, 2.24) is 9.88 Å². The fraction of sp³-hybridized carbons (Fsp3) is 0.444. The maximum absolute atomic E-state index is 11.3. The van der Waals surface area contributed by atoms with Crippen molar-refractivity contribution in [2.75, 3.05) is 6.54 Å². The van der Waals surface area contributed by atoms with Crippen LogP contribution >= 0.6 is 0 Å². The van der Waals surface area contributed by atoms with E-state index in [1.807, 2.05) is 12.3 Å². The number of hydrogen-bond acceptors (Lipinski definition) is 3. The highest BCUT2D eigenvalue weighted by Gasteiger charge is 2.24. The van der Waals surface area contributed by atoms with Crippen LogP contribution in [0.5, 0.6) is 0 Å². The lowest BCUT2D eigenvalue weighted by atomic mass is 9.96. The maximum atomic E-state index is 11.3. The molecular weight excluding hydrogens is 274 g/mol. The van der Waals surface area contributed by atoms with E-state index in [9.17, 15) is 4.79 Å². The lowest BCUT2D eigenvalue weighted by Gasteiger charge is -2.35. The maximum Gasteiger partial charge on any atom is 0.218 e. The van der Waals surface area contributed by atoms with Gasteiger partial charge in [-0.25, -0.2) is 0 Å². The lowest BCUT2D eigenvalue weighted by molar-refractivity contribution is -0.119. The van der Waals surface area contributed by atoms with Crippen LogP contribution in [0.1, 0.15) is 36.8 Å². The Labute approximate surface area is 131 Å². The second-order valence-corrected chi connectivity index (χ2v) is 6.22. The number of aromatic nitrogens is 1. The number of carbonyl (C=O) groups excluding carboxylic acids is 1. The van der Waals surface area contributed by atoms with Crippen molar-refractivity contribution >= 4 is 16.8 Å². The quantitative estimate of drug-likeness (QED) is 0.944. The molecule has 0 aliphatic carbocycles. The third-order valence-corrected chi connectivity index (χ3v) is 4.68. The molecule has 1 saturated heterocycles. The van der Waals surface area contributed by atoms with Crippen molar-refractivity contribution in [1.29, 1.82) is 0 Å². The number of hydrogen-bond donors (Lipinski definition) is 1. The molecule has 0 saturated carbocycles. The highest BCUT2D eigenvalue weighted by Crippen LogP contribution is 2.26. The van der Waals surface area contributed by atoms with Gasteiger partial charge in [-0.1, -0.05) is 18.6 Å². The van der Waals surface area contributed by atoms with Gasteiger partial charge >= 0.3 is 0 Å². The first kappa shape index (κ1) is 15.0. The van der Waals surface area contributed by atoms with Gasteiger partial charge in [-0.15, -0.1) is 0 Å². The fourth-order valence-corrected chi connectivity index (χ4v) is 3.47. The molecule has 1 unspecified atom stereocenters. The van der Waals surface area contributed by atoms with Crippen LogP contribution in [0.4, 0.5) is 0 Å². The van der Waals surface area contributed by atoms with Crippen LogP contribution in [-0.2, 0) is 11.3 Å². The summed E-state index contributed by atoms with van der Waals surface area (Å²) in [7, 11) is 0. The van der Waals surface area contributed by atoms with Gasteiger partial charge in [0.05, 0.1) is 5.52 Å². The van der Waals surface area contributed by atoms with E-state index in [-0.39, 0.29) is 11.9 Å². The normalized spacial score (nSPS) is 19.4. The molecule has 4 heteroatoms. The number of nitrogens with two attached hydrogens (primary N) is 1.